The maximum atomic E-state index is 12.7. The van der Waals surface area contributed by atoms with Gasteiger partial charge in [-0.05, 0) is 18.2 Å². The minimum Gasteiger partial charge on any atom is -0.337 e. The summed E-state index contributed by atoms with van der Waals surface area (Å²) < 4.78 is 25.5. The summed E-state index contributed by atoms with van der Waals surface area (Å²) in [5.74, 6) is -0.931. The Balaban J connectivity index is 1.54. The predicted octanol–water partition coefficient (Wildman–Crippen LogP) is 4.78. The average Bonchev–Trinajstić information content (AvgIpc) is 3.34. The van der Waals surface area contributed by atoms with Gasteiger partial charge in [-0.2, -0.15) is 0 Å². The van der Waals surface area contributed by atoms with E-state index in [2.05, 4.69) is 20.3 Å². The van der Waals surface area contributed by atoms with Crippen LogP contribution in [-0.4, -0.2) is 25.8 Å². The van der Waals surface area contributed by atoms with E-state index in [4.69, 9.17) is 0 Å². The van der Waals surface area contributed by atoms with Crippen molar-refractivity contribution >= 4 is 39.1 Å². The number of carbonyl (C=O) groups is 1. The SMILES string of the molecule is O=C(Nc1nc(-c2cccc([N+](=O)[O-])c2)cs1)c1ccc2nc(C(F)F)[nH]c2c1. The van der Waals surface area contributed by atoms with Crippen LogP contribution in [0.3, 0.4) is 0 Å². The van der Waals surface area contributed by atoms with Gasteiger partial charge >= 0.3 is 0 Å². The molecule has 0 unspecified atom stereocenters. The smallest absolute Gasteiger partial charge is 0.295 e. The molecule has 1 amide bonds. The van der Waals surface area contributed by atoms with Gasteiger partial charge in [0.25, 0.3) is 18.0 Å². The minimum absolute atomic E-state index is 0.0582. The first-order valence-electron chi connectivity index (χ1n) is 8.20. The monoisotopic (exact) mass is 415 g/mol. The van der Waals surface area contributed by atoms with E-state index in [1.165, 1.54) is 30.3 Å². The summed E-state index contributed by atoms with van der Waals surface area (Å²) in [6.45, 7) is 0. The van der Waals surface area contributed by atoms with Gasteiger partial charge in [0.2, 0.25) is 0 Å². The van der Waals surface area contributed by atoms with Crippen LogP contribution < -0.4 is 5.32 Å². The summed E-state index contributed by atoms with van der Waals surface area (Å²) in [6.07, 6.45) is -2.73. The molecule has 4 aromatic rings. The number of alkyl halides is 2. The van der Waals surface area contributed by atoms with Gasteiger partial charge in [0, 0.05) is 28.6 Å². The first kappa shape index (κ1) is 18.6. The van der Waals surface area contributed by atoms with Crippen molar-refractivity contribution in [1.29, 1.82) is 0 Å². The molecule has 2 heterocycles. The molecule has 2 N–H and O–H groups in total. The first-order valence-corrected chi connectivity index (χ1v) is 9.08. The number of H-pyrrole nitrogens is 1. The minimum atomic E-state index is -2.73. The third-order valence-electron chi connectivity index (χ3n) is 4.05. The second-order valence-corrected chi connectivity index (χ2v) is 6.81. The van der Waals surface area contributed by atoms with Crippen LogP contribution in [-0.2, 0) is 0 Å². The average molecular weight is 415 g/mol. The van der Waals surface area contributed by atoms with Gasteiger partial charge in [-0.1, -0.05) is 12.1 Å². The van der Waals surface area contributed by atoms with Crippen molar-refractivity contribution in [3.8, 4) is 11.3 Å². The summed E-state index contributed by atoms with van der Waals surface area (Å²) in [5, 5.41) is 15.5. The molecule has 0 fully saturated rings. The zero-order chi connectivity index (χ0) is 20.5. The first-order chi connectivity index (χ1) is 13.9. The number of hydrogen-bond donors (Lipinski definition) is 2. The number of anilines is 1. The highest BCUT2D eigenvalue weighted by molar-refractivity contribution is 7.14. The van der Waals surface area contributed by atoms with Crippen LogP contribution >= 0.6 is 11.3 Å². The fourth-order valence-electron chi connectivity index (χ4n) is 2.69. The van der Waals surface area contributed by atoms with Crippen molar-refractivity contribution in [3.63, 3.8) is 0 Å². The number of aromatic nitrogens is 3. The van der Waals surface area contributed by atoms with E-state index in [1.54, 1.807) is 17.5 Å². The van der Waals surface area contributed by atoms with Crippen LogP contribution in [0.15, 0.2) is 47.8 Å². The molecule has 0 radical (unpaired) electrons. The zero-order valence-electron chi connectivity index (χ0n) is 14.4. The lowest BCUT2D eigenvalue weighted by atomic mass is 10.1. The number of thiazole rings is 1. The number of imidazole rings is 1. The number of non-ortho nitro benzene ring substituents is 1. The summed E-state index contributed by atoms with van der Waals surface area (Å²) in [5.41, 5.74) is 1.88. The Morgan fingerprint density at radius 2 is 2.03 bits per heavy atom. The van der Waals surface area contributed by atoms with Crippen molar-refractivity contribution in [3.05, 3.63) is 69.3 Å². The molecule has 0 atom stereocenters. The summed E-state index contributed by atoms with van der Waals surface area (Å²) in [4.78, 5) is 33.4. The Morgan fingerprint density at radius 1 is 1.21 bits per heavy atom. The molecular formula is C18H11F2N5O3S. The normalized spacial score (nSPS) is 11.1. The second kappa shape index (κ2) is 7.36. The molecule has 4 rings (SSSR count). The number of nitrogens with one attached hydrogen (secondary N) is 2. The van der Waals surface area contributed by atoms with Crippen LogP contribution in [0.25, 0.3) is 22.3 Å². The van der Waals surface area contributed by atoms with Crippen LogP contribution in [0.1, 0.15) is 22.6 Å². The predicted molar refractivity (Wildman–Crippen MR) is 103 cm³/mol. The zero-order valence-corrected chi connectivity index (χ0v) is 15.2. The highest BCUT2D eigenvalue weighted by atomic mass is 32.1. The molecule has 146 valence electrons. The number of halogens is 2. The topological polar surface area (TPSA) is 114 Å². The van der Waals surface area contributed by atoms with Crippen LogP contribution in [0.5, 0.6) is 0 Å². The number of nitro benzene ring substituents is 1. The van der Waals surface area contributed by atoms with Gasteiger partial charge in [-0.25, -0.2) is 18.7 Å². The molecule has 0 aliphatic carbocycles. The van der Waals surface area contributed by atoms with Crippen LogP contribution in [0.4, 0.5) is 19.6 Å². The molecular weight excluding hydrogens is 404 g/mol. The molecule has 0 saturated carbocycles. The van der Waals surface area contributed by atoms with Gasteiger partial charge in [0.15, 0.2) is 11.0 Å². The third-order valence-corrected chi connectivity index (χ3v) is 4.80. The number of nitro groups is 1. The van der Waals surface area contributed by atoms with Gasteiger partial charge < -0.3 is 4.98 Å². The molecule has 8 nitrogen and oxygen atoms in total. The molecule has 29 heavy (non-hydrogen) atoms. The van der Waals surface area contributed by atoms with E-state index in [1.807, 2.05) is 0 Å². The van der Waals surface area contributed by atoms with Crippen molar-refractivity contribution in [2.45, 2.75) is 6.43 Å². The number of hydrogen-bond acceptors (Lipinski definition) is 6. The molecule has 11 heteroatoms. The molecule has 0 aliphatic heterocycles. The molecule has 0 aliphatic rings. The van der Waals surface area contributed by atoms with Gasteiger partial charge in [0.1, 0.15) is 0 Å². The molecule has 0 saturated heterocycles. The van der Waals surface area contributed by atoms with Crippen molar-refractivity contribution < 1.29 is 18.5 Å². The molecule has 2 aromatic carbocycles. The number of carbonyl (C=O) groups excluding carboxylic acids is 1. The number of benzene rings is 2. The Kier molecular flexibility index (Phi) is 4.72. The quantitative estimate of drug-likeness (QED) is 0.359. The van der Waals surface area contributed by atoms with Crippen molar-refractivity contribution in [2.24, 2.45) is 0 Å². The van der Waals surface area contributed by atoms with E-state index in [9.17, 15) is 23.7 Å². The Labute approximate surface area is 165 Å². The number of rotatable bonds is 5. The summed E-state index contributed by atoms with van der Waals surface area (Å²) in [6, 6.07) is 10.4. The van der Waals surface area contributed by atoms with E-state index < -0.39 is 23.1 Å². The van der Waals surface area contributed by atoms with Gasteiger partial charge in [-0.3, -0.25) is 20.2 Å². The largest absolute Gasteiger partial charge is 0.337 e. The lowest BCUT2D eigenvalue weighted by molar-refractivity contribution is -0.384. The van der Waals surface area contributed by atoms with Gasteiger partial charge in [-0.15, -0.1) is 11.3 Å². The summed E-state index contributed by atoms with van der Waals surface area (Å²) >= 11 is 1.16. The standard InChI is InChI=1S/C18H11F2N5O3S/c19-15(20)16-21-12-5-4-10(7-13(12)22-16)17(26)24-18-23-14(8-29-18)9-2-1-3-11(6-9)25(27)28/h1-8,15H,(H,21,22)(H,23,24,26). The summed E-state index contributed by atoms with van der Waals surface area (Å²) in [7, 11) is 0. The number of fused-ring (bicyclic) bond motifs is 1. The Hall–Kier alpha value is -3.73. The van der Waals surface area contributed by atoms with Crippen LogP contribution in [0.2, 0.25) is 0 Å². The van der Waals surface area contributed by atoms with E-state index in [-0.39, 0.29) is 11.3 Å². The Bertz CT molecular complexity index is 1240. The lowest BCUT2D eigenvalue weighted by Crippen LogP contribution is -2.11. The van der Waals surface area contributed by atoms with E-state index >= 15 is 0 Å². The van der Waals surface area contributed by atoms with Crippen molar-refractivity contribution in [2.75, 3.05) is 5.32 Å². The second-order valence-electron chi connectivity index (χ2n) is 5.95. The molecule has 2 aromatic heterocycles. The maximum Gasteiger partial charge on any atom is 0.295 e. The van der Waals surface area contributed by atoms with Crippen LogP contribution in [0, 0.1) is 10.1 Å². The third kappa shape index (κ3) is 3.80. The maximum absolute atomic E-state index is 12.7. The number of aromatic amines is 1. The van der Waals surface area contributed by atoms with E-state index in [0.29, 0.717) is 27.4 Å². The van der Waals surface area contributed by atoms with E-state index in [0.717, 1.165) is 11.3 Å². The van der Waals surface area contributed by atoms with Crippen molar-refractivity contribution in [1.82, 2.24) is 15.0 Å². The number of nitrogens with zero attached hydrogens (tertiary/aromatic N) is 3. The fourth-order valence-corrected chi connectivity index (χ4v) is 3.40. The van der Waals surface area contributed by atoms with Gasteiger partial charge in [0.05, 0.1) is 21.7 Å². The highest BCUT2D eigenvalue weighted by Crippen LogP contribution is 2.28. The lowest BCUT2D eigenvalue weighted by Gasteiger charge is -2.02. The highest BCUT2D eigenvalue weighted by Gasteiger charge is 2.16. The molecule has 0 bridgehead atoms. The fraction of sp³-hybridized carbons (Fsp3) is 0.0556. The number of amides is 1. The Morgan fingerprint density at radius 3 is 2.79 bits per heavy atom. The molecule has 0 spiro atoms.